The van der Waals surface area contributed by atoms with Gasteiger partial charge >= 0.3 is 37.9 Å². The summed E-state index contributed by atoms with van der Waals surface area (Å²) in [7, 11) is 9.87. The minimum atomic E-state index is -0.826. The number of nitrogens with zero attached hydrogens (tertiary/aromatic N) is 5. The molecule has 3 aromatic heterocycles. The number of rotatable bonds is 2. The zero-order chi connectivity index (χ0) is 18.6. The van der Waals surface area contributed by atoms with E-state index < -0.39 is 20.8 Å². The van der Waals surface area contributed by atoms with Gasteiger partial charge in [0.1, 0.15) is 0 Å². The number of benzene rings is 2. The van der Waals surface area contributed by atoms with E-state index in [1.54, 1.807) is 0 Å². The molecule has 0 fully saturated rings. The Kier molecular flexibility index (Phi) is 5.67. The van der Waals surface area contributed by atoms with E-state index in [0.29, 0.717) is 11.6 Å². The van der Waals surface area contributed by atoms with Gasteiger partial charge in [-0.3, -0.25) is 0 Å². The Morgan fingerprint density at radius 3 is 1.48 bits per heavy atom. The SMILES string of the molecule is [Cl][Zr+2][Cl].c1cc(-c2nc3ccccc3[n-]2)nc(-c2nc3ccccc3[n-]2)c1. The molecule has 0 spiro atoms. The molecule has 0 saturated carbocycles. The molecule has 5 nitrogen and oxygen atoms in total. The van der Waals surface area contributed by atoms with E-state index in [-0.39, 0.29) is 0 Å². The average Bonchev–Trinajstić information content (AvgIpc) is 3.33. The van der Waals surface area contributed by atoms with Crippen LogP contribution < -0.4 is 9.97 Å². The minimum absolute atomic E-state index is 0.620. The van der Waals surface area contributed by atoms with Crippen molar-refractivity contribution >= 4 is 39.1 Å². The van der Waals surface area contributed by atoms with Crippen molar-refractivity contribution < 1.29 is 20.8 Å². The average molecular weight is 471 g/mol. The zero-order valence-corrected chi connectivity index (χ0v) is 17.8. The molecule has 0 saturated heterocycles. The maximum absolute atomic E-state index is 4.93. The van der Waals surface area contributed by atoms with Gasteiger partial charge in [0.15, 0.2) is 0 Å². The van der Waals surface area contributed by atoms with Crippen LogP contribution in [-0.2, 0) is 20.8 Å². The van der Waals surface area contributed by atoms with Gasteiger partial charge in [-0.25, -0.2) is 4.98 Å². The van der Waals surface area contributed by atoms with E-state index >= 15 is 0 Å². The zero-order valence-electron chi connectivity index (χ0n) is 13.8. The molecular formula is C19H11Cl2N5Zr. The van der Waals surface area contributed by atoms with E-state index in [0.717, 1.165) is 33.5 Å². The number of para-hydroxylation sites is 4. The van der Waals surface area contributed by atoms with E-state index in [2.05, 4.69) is 24.9 Å². The summed E-state index contributed by atoms with van der Waals surface area (Å²) in [6, 6.07) is 21.3. The smallest absolute Gasteiger partial charge is 0.0627 e. The van der Waals surface area contributed by atoms with Crippen molar-refractivity contribution in [3.8, 4) is 23.0 Å². The number of imidazole rings is 2. The van der Waals surface area contributed by atoms with Gasteiger partial charge in [0.05, 0.1) is 11.4 Å². The first kappa shape index (κ1) is 18.4. The maximum Gasteiger partial charge on any atom is 0.0627 e. The third kappa shape index (κ3) is 3.98. The van der Waals surface area contributed by atoms with Crippen LogP contribution in [0.2, 0.25) is 0 Å². The molecule has 0 bridgehead atoms. The predicted molar refractivity (Wildman–Crippen MR) is 104 cm³/mol. The summed E-state index contributed by atoms with van der Waals surface area (Å²) in [5, 5.41) is 0. The van der Waals surface area contributed by atoms with Crippen molar-refractivity contribution in [1.82, 2.24) is 24.9 Å². The van der Waals surface area contributed by atoms with Crippen LogP contribution in [0.3, 0.4) is 0 Å². The second-order valence-corrected chi connectivity index (χ2v) is 9.28. The fourth-order valence-corrected chi connectivity index (χ4v) is 2.73. The van der Waals surface area contributed by atoms with E-state index in [9.17, 15) is 0 Å². The number of aromatic nitrogens is 5. The number of halogens is 2. The van der Waals surface area contributed by atoms with Gasteiger partial charge in [0.25, 0.3) is 0 Å². The second-order valence-electron chi connectivity index (χ2n) is 5.55. The molecule has 5 rings (SSSR count). The number of fused-ring (bicyclic) bond motifs is 2. The molecule has 0 N–H and O–H groups in total. The molecule has 0 amide bonds. The summed E-state index contributed by atoms with van der Waals surface area (Å²) >= 11 is -0.826. The molecular weight excluding hydrogens is 460 g/mol. The molecule has 8 heteroatoms. The summed E-state index contributed by atoms with van der Waals surface area (Å²) in [6.07, 6.45) is 0. The minimum Gasteiger partial charge on any atom is -0.434 e. The summed E-state index contributed by atoms with van der Waals surface area (Å²) in [4.78, 5) is 22.8. The van der Waals surface area contributed by atoms with Crippen molar-refractivity contribution in [3.05, 3.63) is 66.7 Å². The molecule has 130 valence electrons. The molecule has 3 heterocycles. The first-order valence-corrected chi connectivity index (χ1v) is 14.3. The Morgan fingerprint density at radius 1 is 0.593 bits per heavy atom. The van der Waals surface area contributed by atoms with Crippen LogP contribution in [0.4, 0.5) is 0 Å². The van der Waals surface area contributed by atoms with Gasteiger partial charge in [-0.2, -0.15) is 0 Å². The molecule has 0 radical (unpaired) electrons. The molecule has 0 unspecified atom stereocenters. The van der Waals surface area contributed by atoms with Crippen molar-refractivity contribution in [2.75, 3.05) is 0 Å². The van der Waals surface area contributed by atoms with Crippen molar-refractivity contribution in [2.45, 2.75) is 0 Å². The van der Waals surface area contributed by atoms with Crippen LogP contribution >= 0.6 is 17.0 Å². The van der Waals surface area contributed by atoms with Gasteiger partial charge in [-0.05, 0) is 45.8 Å². The third-order valence-electron chi connectivity index (χ3n) is 3.88. The van der Waals surface area contributed by atoms with Gasteiger partial charge in [0.2, 0.25) is 0 Å². The summed E-state index contributed by atoms with van der Waals surface area (Å²) < 4.78 is 0. The Labute approximate surface area is 173 Å². The van der Waals surface area contributed by atoms with Crippen LogP contribution in [0.25, 0.3) is 45.1 Å². The standard InChI is InChI=1S/C19H11N5.2ClH.Zr/c1-2-7-13-12(6-1)21-18(22-13)16-10-5-11-17(20-16)19-23-14-8-3-4-9-15(14)24-19;;;/h1-11H;2*1H;/q-2;;;+4/p-2. The third-order valence-corrected chi connectivity index (χ3v) is 3.88. The van der Waals surface area contributed by atoms with E-state index in [4.69, 9.17) is 17.0 Å². The first-order chi connectivity index (χ1) is 13.3. The van der Waals surface area contributed by atoms with Crippen LogP contribution in [0.1, 0.15) is 0 Å². The van der Waals surface area contributed by atoms with Gasteiger partial charge in [-0.15, -0.1) is 0 Å². The monoisotopic (exact) mass is 469 g/mol. The van der Waals surface area contributed by atoms with Crippen molar-refractivity contribution in [2.24, 2.45) is 0 Å². The summed E-state index contributed by atoms with van der Waals surface area (Å²) in [5.41, 5.74) is 4.92. The normalized spacial score (nSPS) is 10.4. The number of hydrogen-bond donors (Lipinski definition) is 0. The number of pyridine rings is 1. The van der Waals surface area contributed by atoms with Crippen LogP contribution in [-0.4, -0.2) is 15.0 Å². The molecule has 0 aliphatic rings. The van der Waals surface area contributed by atoms with Gasteiger partial charge in [-0.1, -0.05) is 54.6 Å². The predicted octanol–water partition coefficient (Wildman–Crippen LogP) is 4.80. The largest absolute Gasteiger partial charge is 0.434 e. The molecule has 2 aromatic carbocycles. The van der Waals surface area contributed by atoms with Crippen molar-refractivity contribution in [3.63, 3.8) is 0 Å². The fraction of sp³-hybridized carbons (Fsp3) is 0. The summed E-state index contributed by atoms with van der Waals surface area (Å²) in [5.74, 6) is 1.24. The fourth-order valence-electron chi connectivity index (χ4n) is 2.73. The van der Waals surface area contributed by atoms with Gasteiger partial charge < -0.3 is 19.9 Å². The molecule has 5 aromatic rings. The maximum atomic E-state index is 4.93. The van der Waals surface area contributed by atoms with Crippen LogP contribution in [0.5, 0.6) is 0 Å². The quantitative estimate of drug-likeness (QED) is 0.370. The Bertz CT molecular complexity index is 1050. The Morgan fingerprint density at radius 2 is 1.04 bits per heavy atom. The Balaban J connectivity index is 0.000000565. The van der Waals surface area contributed by atoms with Crippen molar-refractivity contribution in [1.29, 1.82) is 0 Å². The van der Waals surface area contributed by atoms with Crippen LogP contribution in [0, 0.1) is 0 Å². The molecule has 0 atom stereocenters. The second kappa shape index (κ2) is 8.34. The van der Waals surface area contributed by atoms with E-state index in [1.807, 2.05) is 66.7 Å². The molecule has 0 aliphatic carbocycles. The molecule has 27 heavy (non-hydrogen) atoms. The van der Waals surface area contributed by atoms with E-state index in [1.165, 1.54) is 0 Å². The Hall–Kier alpha value is -2.01. The summed E-state index contributed by atoms with van der Waals surface area (Å²) in [6.45, 7) is 0. The number of hydrogen-bond acceptors (Lipinski definition) is 3. The topological polar surface area (TPSA) is 66.9 Å². The molecule has 0 aliphatic heterocycles. The van der Waals surface area contributed by atoms with Gasteiger partial charge in [0, 0.05) is 0 Å². The first-order valence-electron chi connectivity index (χ1n) is 8.01. The van der Waals surface area contributed by atoms with Crippen LogP contribution in [0.15, 0.2) is 66.7 Å².